The van der Waals surface area contributed by atoms with Crippen LogP contribution in [0.1, 0.15) is 11.6 Å². The number of nitrogens with zero attached hydrogens (tertiary/aromatic N) is 1. The molecule has 1 heterocycles. The van der Waals surface area contributed by atoms with E-state index in [0.717, 1.165) is 12.1 Å². The van der Waals surface area contributed by atoms with Gasteiger partial charge in [-0.2, -0.15) is 0 Å². The average molecular weight is 341 g/mol. The molecule has 1 saturated heterocycles. The average Bonchev–Trinajstić information content (AvgIpc) is 2.43. The molecular weight excluding hydrogens is 322 g/mol. The van der Waals surface area contributed by atoms with Gasteiger partial charge in [0.2, 0.25) is 0 Å². The molecular formula is C13H19ClF2N2O4. The van der Waals surface area contributed by atoms with Crippen LogP contribution in [0.15, 0.2) is 12.1 Å². The molecule has 0 radical (unpaired) electrons. The number of hydrogen-bond donors (Lipinski definition) is 5. The molecule has 1 atom stereocenters. The molecule has 0 aromatic heterocycles. The minimum Gasteiger partial charge on any atom is -0.508 e. The van der Waals surface area contributed by atoms with Crippen LogP contribution in [0.2, 0.25) is 0 Å². The van der Waals surface area contributed by atoms with E-state index < -0.39 is 41.4 Å². The SMILES string of the molecule is Cl.OCC(F)(F)[C@H](c1c(O)cc(O)cc1O)N1CCNCC1. The molecule has 2 rings (SSSR count). The number of alkyl halides is 2. The predicted molar refractivity (Wildman–Crippen MR) is 77.9 cm³/mol. The maximum Gasteiger partial charge on any atom is 0.290 e. The highest BCUT2D eigenvalue weighted by Gasteiger charge is 2.46. The fraction of sp³-hybridized carbons (Fsp3) is 0.538. The lowest BCUT2D eigenvalue weighted by Gasteiger charge is -2.39. The first-order valence-corrected chi connectivity index (χ1v) is 6.55. The minimum absolute atomic E-state index is 0. The van der Waals surface area contributed by atoms with Crippen LogP contribution in [0.4, 0.5) is 8.78 Å². The summed E-state index contributed by atoms with van der Waals surface area (Å²) in [5, 5.41) is 41.0. The monoisotopic (exact) mass is 340 g/mol. The molecule has 0 saturated carbocycles. The second-order valence-corrected chi connectivity index (χ2v) is 5.01. The number of benzene rings is 1. The van der Waals surface area contributed by atoms with Crippen molar-refractivity contribution < 1.29 is 29.2 Å². The third kappa shape index (κ3) is 3.70. The van der Waals surface area contributed by atoms with Crippen molar-refractivity contribution in [2.75, 3.05) is 32.8 Å². The molecule has 9 heteroatoms. The standard InChI is InChI=1S/C13H18F2N2O4.ClH/c14-13(15,7-18)12(17-3-1-16-2-4-17)11-9(20)5-8(19)6-10(11)21;/h5-6,12,16,18-21H,1-4,7H2;1H/t12-;/m0./s1. The maximum atomic E-state index is 14.2. The van der Waals surface area contributed by atoms with E-state index in [0.29, 0.717) is 13.1 Å². The van der Waals surface area contributed by atoms with Gasteiger partial charge in [-0.15, -0.1) is 12.4 Å². The number of hydrogen-bond acceptors (Lipinski definition) is 6. The molecule has 1 aliphatic heterocycles. The van der Waals surface area contributed by atoms with E-state index in [2.05, 4.69) is 5.32 Å². The van der Waals surface area contributed by atoms with Gasteiger partial charge in [-0.25, -0.2) is 8.78 Å². The fourth-order valence-electron chi connectivity index (χ4n) is 2.58. The first kappa shape index (κ1) is 18.7. The number of phenolic OH excluding ortho intramolecular Hbond substituents is 3. The Labute approximate surface area is 132 Å². The van der Waals surface area contributed by atoms with Crippen molar-refractivity contribution in [3.63, 3.8) is 0 Å². The number of phenols is 3. The summed E-state index contributed by atoms with van der Waals surface area (Å²) in [6.45, 7) is 0.108. The fourth-order valence-corrected chi connectivity index (χ4v) is 2.58. The molecule has 1 aromatic rings. The van der Waals surface area contributed by atoms with Crippen LogP contribution in [-0.4, -0.2) is 64.0 Å². The Bertz CT molecular complexity index is 490. The highest BCUT2D eigenvalue weighted by molar-refractivity contribution is 5.85. The molecule has 0 spiro atoms. The van der Waals surface area contributed by atoms with E-state index in [9.17, 15) is 24.1 Å². The van der Waals surface area contributed by atoms with Crippen molar-refractivity contribution in [2.24, 2.45) is 0 Å². The van der Waals surface area contributed by atoms with Crippen molar-refractivity contribution in [1.29, 1.82) is 0 Å². The van der Waals surface area contributed by atoms with Crippen molar-refractivity contribution in [3.8, 4) is 17.2 Å². The van der Waals surface area contributed by atoms with E-state index in [1.807, 2.05) is 0 Å². The van der Waals surface area contributed by atoms with Crippen molar-refractivity contribution in [1.82, 2.24) is 10.2 Å². The van der Waals surface area contributed by atoms with Crippen LogP contribution in [-0.2, 0) is 0 Å². The van der Waals surface area contributed by atoms with Crippen molar-refractivity contribution >= 4 is 12.4 Å². The second kappa shape index (κ2) is 7.28. The summed E-state index contributed by atoms with van der Waals surface area (Å²) in [5.41, 5.74) is -0.395. The topological polar surface area (TPSA) is 96.2 Å². The van der Waals surface area contributed by atoms with Gasteiger partial charge in [-0.05, 0) is 0 Å². The van der Waals surface area contributed by atoms with E-state index in [1.54, 1.807) is 0 Å². The summed E-state index contributed by atoms with van der Waals surface area (Å²) in [6, 6.07) is 0.0975. The van der Waals surface area contributed by atoms with Crippen LogP contribution in [0.5, 0.6) is 17.2 Å². The molecule has 22 heavy (non-hydrogen) atoms. The summed E-state index contributed by atoms with van der Waals surface area (Å²) >= 11 is 0. The van der Waals surface area contributed by atoms with Crippen LogP contribution >= 0.6 is 12.4 Å². The number of piperazine rings is 1. The second-order valence-electron chi connectivity index (χ2n) is 5.01. The molecule has 126 valence electrons. The first-order chi connectivity index (χ1) is 9.86. The Morgan fingerprint density at radius 2 is 1.64 bits per heavy atom. The van der Waals surface area contributed by atoms with Crippen LogP contribution in [0.25, 0.3) is 0 Å². The number of halogens is 3. The predicted octanol–water partition coefficient (Wildman–Crippen LogP) is 0.799. The van der Waals surface area contributed by atoms with E-state index in [4.69, 9.17) is 5.11 Å². The van der Waals surface area contributed by atoms with Crippen LogP contribution in [0, 0.1) is 0 Å². The summed E-state index contributed by atoms with van der Waals surface area (Å²) < 4.78 is 28.3. The van der Waals surface area contributed by atoms with Gasteiger partial charge < -0.3 is 25.7 Å². The zero-order chi connectivity index (χ0) is 15.6. The largest absolute Gasteiger partial charge is 0.508 e. The Balaban J connectivity index is 0.00000242. The van der Waals surface area contributed by atoms with Crippen LogP contribution < -0.4 is 5.32 Å². The van der Waals surface area contributed by atoms with Gasteiger partial charge in [0.25, 0.3) is 5.92 Å². The Hall–Kier alpha value is -1.35. The third-order valence-electron chi connectivity index (χ3n) is 3.52. The smallest absolute Gasteiger partial charge is 0.290 e. The number of aliphatic hydroxyl groups is 1. The molecule has 0 amide bonds. The van der Waals surface area contributed by atoms with Gasteiger partial charge in [0.1, 0.15) is 29.9 Å². The molecule has 0 aliphatic carbocycles. The Morgan fingerprint density at radius 1 is 1.14 bits per heavy atom. The van der Waals surface area contributed by atoms with E-state index in [-0.39, 0.29) is 25.5 Å². The summed E-state index contributed by atoms with van der Waals surface area (Å²) in [7, 11) is 0. The first-order valence-electron chi connectivity index (χ1n) is 6.55. The van der Waals surface area contributed by atoms with Gasteiger partial charge in [-0.3, -0.25) is 4.90 Å². The molecule has 5 N–H and O–H groups in total. The molecule has 0 bridgehead atoms. The number of aromatic hydroxyl groups is 3. The third-order valence-corrected chi connectivity index (χ3v) is 3.52. The minimum atomic E-state index is -3.55. The molecule has 0 unspecified atom stereocenters. The Kier molecular flexibility index (Phi) is 6.18. The summed E-state index contributed by atoms with van der Waals surface area (Å²) in [6.07, 6.45) is 0. The van der Waals surface area contributed by atoms with Gasteiger partial charge >= 0.3 is 0 Å². The molecule has 1 aromatic carbocycles. The summed E-state index contributed by atoms with van der Waals surface area (Å²) in [5.74, 6) is -5.25. The van der Waals surface area contributed by atoms with Gasteiger partial charge in [0.15, 0.2) is 0 Å². The van der Waals surface area contributed by atoms with Gasteiger partial charge in [0.05, 0.1) is 5.56 Å². The number of nitrogens with one attached hydrogen (secondary N) is 1. The number of aliphatic hydroxyl groups excluding tert-OH is 1. The van der Waals surface area contributed by atoms with E-state index >= 15 is 0 Å². The lowest BCUT2D eigenvalue weighted by molar-refractivity contribution is -0.119. The van der Waals surface area contributed by atoms with Gasteiger partial charge in [-0.1, -0.05) is 0 Å². The quantitative estimate of drug-likeness (QED) is 0.556. The molecule has 1 fully saturated rings. The highest BCUT2D eigenvalue weighted by Crippen LogP contribution is 2.45. The van der Waals surface area contributed by atoms with Crippen molar-refractivity contribution in [3.05, 3.63) is 17.7 Å². The Morgan fingerprint density at radius 3 is 2.09 bits per heavy atom. The summed E-state index contributed by atoms with van der Waals surface area (Å²) in [4.78, 5) is 1.39. The highest BCUT2D eigenvalue weighted by atomic mass is 35.5. The zero-order valence-electron chi connectivity index (χ0n) is 11.7. The number of rotatable bonds is 4. The lowest BCUT2D eigenvalue weighted by atomic mass is 9.96. The van der Waals surface area contributed by atoms with Crippen LogP contribution in [0.3, 0.4) is 0 Å². The molecule has 1 aliphatic rings. The van der Waals surface area contributed by atoms with Crippen molar-refractivity contribution in [2.45, 2.75) is 12.0 Å². The zero-order valence-corrected chi connectivity index (χ0v) is 12.5. The normalized spacial score (nSPS) is 17.8. The maximum absolute atomic E-state index is 14.2. The van der Waals surface area contributed by atoms with E-state index in [1.165, 1.54) is 4.90 Å². The lowest BCUT2D eigenvalue weighted by Crippen LogP contribution is -2.51. The van der Waals surface area contributed by atoms with Gasteiger partial charge in [0, 0.05) is 38.3 Å². The molecule has 6 nitrogen and oxygen atoms in total.